The number of hydrogen-bond donors (Lipinski definition) is 3. The summed E-state index contributed by atoms with van der Waals surface area (Å²) in [6.45, 7) is 5.78. The summed E-state index contributed by atoms with van der Waals surface area (Å²) >= 11 is 0. The van der Waals surface area contributed by atoms with Crippen LogP contribution in [0.15, 0.2) is 52.0 Å². The van der Waals surface area contributed by atoms with Gasteiger partial charge in [-0.05, 0) is 68.6 Å². The molecular weight excluding hydrogens is 450 g/mol. The van der Waals surface area contributed by atoms with Crippen molar-refractivity contribution >= 4 is 44.8 Å². The Kier molecular flexibility index (Phi) is 7.27. The number of benzene rings is 2. The molecule has 1 aliphatic heterocycles. The molecule has 174 valence electrons. The van der Waals surface area contributed by atoms with Gasteiger partial charge in [0.05, 0.1) is 24.7 Å². The van der Waals surface area contributed by atoms with Crippen molar-refractivity contribution in [3.63, 3.8) is 0 Å². The molecule has 0 spiro atoms. The second kappa shape index (κ2) is 9.60. The van der Waals surface area contributed by atoms with Crippen LogP contribution < -0.4 is 20.1 Å². The molecule has 0 radical (unpaired) electrons. The fourth-order valence-corrected chi connectivity index (χ4v) is 5.48. The number of aryl methyl sites for hydroxylation is 1. The molecule has 2 heterocycles. The van der Waals surface area contributed by atoms with Crippen LogP contribution in [0.25, 0.3) is 11.0 Å². The lowest BCUT2D eigenvalue weighted by atomic mass is 9.94. The van der Waals surface area contributed by atoms with Crippen LogP contribution in [0.1, 0.15) is 31.7 Å². The van der Waals surface area contributed by atoms with Crippen molar-refractivity contribution < 1.29 is 17.6 Å². The summed E-state index contributed by atoms with van der Waals surface area (Å²) < 4.78 is 39.9. The number of anilines is 2. The van der Waals surface area contributed by atoms with E-state index in [-0.39, 0.29) is 22.8 Å². The topological polar surface area (TPSA) is 92.6 Å². The Labute approximate surface area is 195 Å². The number of rotatable bonds is 8. The van der Waals surface area contributed by atoms with E-state index in [1.807, 2.05) is 19.1 Å². The highest BCUT2D eigenvalue weighted by Gasteiger charge is 2.31. The molecule has 3 N–H and O–H groups in total. The normalized spacial score (nSPS) is 18.3. The largest absolute Gasteiger partial charge is 0.495 e. The summed E-state index contributed by atoms with van der Waals surface area (Å²) in [6, 6.07) is 10.5. The maximum atomic E-state index is 13.1. The van der Waals surface area contributed by atoms with E-state index >= 15 is 0 Å². The second-order valence-electron chi connectivity index (χ2n) is 8.14. The van der Waals surface area contributed by atoms with E-state index < -0.39 is 10.0 Å². The first-order valence-corrected chi connectivity index (χ1v) is 12.0. The fraction of sp³-hybridized carbons (Fsp3) is 0.391. The maximum absolute atomic E-state index is 13.1. The van der Waals surface area contributed by atoms with Crippen molar-refractivity contribution in [2.45, 2.75) is 43.5 Å². The Morgan fingerprint density at radius 3 is 2.72 bits per heavy atom. The van der Waals surface area contributed by atoms with E-state index in [9.17, 15) is 8.42 Å². The van der Waals surface area contributed by atoms with Crippen LogP contribution in [-0.4, -0.2) is 34.2 Å². The molecule has 7 nitrogen and oxygen atoms in total. The van der Waals surface area contributed by atoms with Crippen LogP contribution in [0.5, 0.6) is 5.75 Å². The van der Waals surface area contributed by atoms with Gasteiger partial charge < -0.3 is 19.8 Å². The third kappa shape index (κ3) is 4.82. The van der Waals surface area contributed by atoms with Crippen LogP contribution in [0.2, 0.25) is 0 Å². The van der Waals surface area contributed by atoms with E-state index in [0.717, 1.165) is 49.0 Å². The highest BCUT2D eigenvalue weighted by Crippen LogP contribution is 2.33. The van der Waals surface area contributed by atoms with Crippen molar-refractivity contribution in [1.82, 2.24) is 5.32 Å². The van der Waals surface area contributed by atoms with Gasteiger partial charge in [0.2, 0.25) is 0 Å². The Morgan fingerprint density at radius 1 is 1.22 bits per heavy atom. The highest BCUT2D eigenvalue weighted by molar-refractivity contribution is 7.92. The number of ether oxygens (including phenoxy) is 1. The minimum Gasteiger partial charge on any atom is -0.495 e. The molecule has 9 heteroatoms. The van der Waals surface area contributed by atoms with Crippen molar-refractivity contribution in [3.8, 4) is 5.75 Å². The summed E-state index contributed by atoms with van der Waals surface area (Å²) in [4.78, 5) is 0.108. The minimum atomic E-state index is -3.84. The van der Waals surface area contributed by atoms with Crippen molar-refractivity contribution in [2.24, 2.45) is 0 Å². The first-order valence-electron chi connectivity index (χ1n) is 10.5. The number of sulfonamides is 1. The summed E-state index contributed by atoms with van der Waals surface area (Å²) in [5.74, 6) is 0.304. The predicted octanol–water partition coefficient (Wildman–Crippen LogP) is 4.92. The molecule has 0 aliphatic carbocycles. The monoisotopic (exact) mass is 479 g/mol. The van der Waals surface area contributed by atoms with E-state index in [0.29, 0.717) is 17.0 Å². The minimum absolute atomic E-state index is 0. The molecule has 1 fully saturated rings. The first-order chi connectivity index (χ1) is 14.9. The fourth-order valence-electron chi connectivity index (χ4n) is 4.19. The quantitative estimate of drug-likeness (QED) is 0.425. The average Bonchev–Trinajstić information content (AvgIpc) is 3.42. The van der Waals surface area contributed by atoms with Gasteiger partial charge in [-0.15, -0.1) is 12.4 Å². The predicted molar refractivity (Wildman–Crippen MR) is 131 cm³/mol. The molecular formula is C23H30ClN3O4S. The Hall–Kier alpha value is -2.42. The number of hydrogen-bond acceptors (Lipinski definition) is 6. The third-order valence-electron chi connectivity index (χ3n) is 6.04. The standard InChI is InChI=1S/C23H29N3O4S.ClH/c1-4-23(9-5-10-25-23)15-24-19-14-18(13-17-8-11-30-22(17)19)26-31(27,28)21-12-16(2)6-7-20(21)29-3;/h6-8,11-14,24-26H,4-5,9-10,15H2,1-3H3;1H/t23-;/m1./s1. The van der Waals surface area contributed by atoms with Gasteiger partial charge in [-0.25, -0.2) is 8.42 Å². The third-order valence-corrected chi connectivity index (χ3v) is 7.44. The van der Waals surface area contributed by atoms with Gasteiger partial charge in [0.25, 0.3) is 10.0 Å². The molecule has 1 aliphatic rings. The van der Waals surface area contributed by atoms with Crippen LogP contribution in [0, 0.1) is 6.92 Å². The summed E-state index contributed by atoms with van der Waals surface area (Å²) in [6.07, 6.45) is 4.89. The SMILES string of the molecule is CC[C@]1(CNc2cc(NS(=O)(=O)c3cc(C)ccc3OC)cc3ccoc23)CCCN1.Cl. The summed E-state index contributed by atoms with van der Waals surface area (Å²) in [5, 5.41) is 7.92. The average molecular weight is 480 g/mol. The molecule has 0 saturated carbocycles. The van der Waals surface area contributed by atoms with Crippen LogP contribution in [0.3, 0.4) is 0 Å². The van der Waals surface area contributed by atoms with E-state index in [1.165, 1.54) is 7.11 Å². The maximum Gasteiger partial charge on any atom is 0.265 e. The van der Waals surface area contributed by atoms with Crippen LogP contribution in [-0.2, 0) is 10.0 Å². The molecule has 1 atom stereocenters. The number of nitrogens with one attached hydrogen (secondary N) is 3. The number of halogens is 1. The zero-order valence-electron chi connectivity index (χ0n) is 18.5. The van der Waals surface area contributed by atoms with Crippen molar-refractivity contribution in [2.75, 3.05) is 30.2 Å². The lowest BCUT2D eigenvalue weighted by molar-refractivity contribution is 0.383. The lowest BCUT2D eigenvalue weighted by Gasteiger charge is -2.29. The van der Waals surface area contributed by atoms with E-state index in [1.54, 1.807) is 30.5 Å². The number of methoxy groups -OCH3 is 1. The zero-order valence-corrected chi connectivity index (χ0v) is 20.2. The van der Waals surface area contributed by atoms with Crippen LogP contribution in [0.4, 0.5) is 11.4 Å². The number of fused-ring (bicyclic) bond motifs is 1. The molecule has 1 aromatic heterocycles. The van der Waals surface area contributed by atoms with Gasteiger partial charge >= 0.3 is 0 Å². The van der Waals surface area contributed by atoms with Gasteiger partial charge in [0.1, 0.15) is 10.6 Å². The van der Waals surface area contributed by atoms with Crippen molar-refractivity contribution in [3.05, 3.63) is 48.2 Å². The molecule has 0 unspecified atom stereocenters. The highest BCUT2D eigenvalue weighted by atomic mass is 35.5. The Balaban J connectivity index is 0.00000289. The van der Waals surface area contributed by atoms with E-state index in [2.05, 4.69) is 22.3 Å². The van der Waals surface area contributed by atoms with Gasteiger partial charge in [0, 0.05) is 17.5 Å². The molecule has 2 aromatic carbocycles. The Bertz CT molecular complexity index is 1190. The summed E-state index contributed by atoms with van der Waals surface area (Å²) in [5.41, 5.74) is 2.81. The molecule has 0 amide bonds. The second-order valence-corrected chi connectivity index (χ2v) is 9.79. The molecule has 32 heavy (non-hydrogen) atoms. The van der Waals surface area contributed by atoms with Gasteiger partial charge in [-0.1, -0.05) is 13.0 Å². The Morgan fingerprint density at radius 2 is 2.03 bits per heavy atom. The number of furan rings is 1. The molecule has 4 rings (SSSR count). The van der Waals surface area contributed by atoms with Crippen molar-refractivity contribution in [1.29, 1.82) is 0 Å². The molecule has 0 bridgehead atoms. The summed E-state index contributed by atoms with van der Waals surface area (Å²) in [7, 11) is -2.38. The zero-order chi connectivity index (χ0) is 22.1. The lowest BCUT2D eigenvalue weighted by Crippen LogP contribution is -2.45. The molecule has 3 aromatic rings. The van der Waals surface area contributed by atoms with E-state index in [4.69, 9.17) is 9.15 Å². The first kappa shape index (κ1) is 24.2. The van der Waals surface area contributed by atoms with Gasteiger partial charge in [-0.3, -0.25) is 4.72 Å². The molecule has 1 saturated heterocycles. The van der Waals surface area contributed by atoms with Gasteiger partial charge in [0.15, 0.2) is 5.58 Å². The van der Waals surface area contributed by atoms with Crippen LogP contribution >= 0.6 is 12.4 Å². The van der Waals surface area contributed by atoms with Gasteiger partial charge in [-0.2, -0.15) is 0 Å². The smallest absolute Gasteiger partial charge is 0.265 e.